The summed E-state index contributed by atoms with van der Waals surface area (Å²) < 4.78 is 5.27. The number of amides is 1. The number of hydrogen-bond donors (Lipinski definition) is 2. The average molecular weight is 383 g/mol. The fraction of sp³-hybridized carbons (Fsp3) is 0.455. The van der Waals surface area contributed by atoms with Gasteiger partial charge in [-0.15, -0.1) is 0 Å². The minimum Gasteiger partial charge on any atom is -0.444 e. The lowest BCUT2D eigenvalue weighted by Crippen LogP contribution is -2.27. The standard InChI is InChI=1S/C22H29N3O3/c1-22(2,3)28-21(27)24-20-11-7-10-18(23-20)12-17-14-25(15-19(17)26)13-16-8-5-4-6-9-16/h4-11,17,19,26H,12-15H2,1-3H3,(H,23,24,27)/t17-,19-/m0/s1. The van der Waals surface area contributed by atoms with Gasteiger partial charge in [0.05, 0.1) is 6.10 Å². The molecule has 1 aromatic carbocycles. The molecule has 1 fully saturated rings. The van der Waals surface area contributed by atoms with Gasteiger partial charge < -0.3 is 9.84 Å². The summed E-state index contributed by atoms with van der Waals surface area (Å²) in [6.07, 6.45) is -0.240. The number of aliphatic hydroxyl groups is 1. The lowest BCUT2D eigenvalue weighted by Gasteiger charge is -2.19. The zero-order valence-corrected chi connectivity index (χ0v) is 16.8. The first kappa shape index (κ1) is 20.3. The van der Waals surface area contributed by atoms with Crippen molar-refractivity contribution < 1.29 is 14.6 Å². The van der Waals surface area contributed by atoms with Gasteiger partial charge in [-0.25, -0.2) is 9.78 Å². The quantitative estimate of drug-likeness (QED) is 0.827. The molecule has 2 atom stereocenters. The number of benzene rings is 1. The van der Waals surface area contributed by atoms with Crippen LogP contribution in [-0.4, -0.2) is 45.9 Å². The van der Waals surface area contributed by atoms with Crippen molar-refractivity contribution >= 4 is 11.9 Å². The molecule has 1 aliphatic heterocycles. The topological polar surface area (TPSA) is 74.7 Å². The molecule has 150 valence electrons. The largest absolute Gasteiger partial charge is 0.444 e. The Kier molecular flexibility index (Phi) is 6.31. The molecule has 0 radical (unpaired) electrons. The van der Waals surface area contributed by atoms with E-state index in [1.807, 2.05) is 51.1 Å². The van der Waals surface area contributed by atoms with Gasteiger partial charge in [-0.3, -0.25) is 10.2 Å². The molecular formula is C22H29N3O3. The second kappa shape index (κ2) is 8.71. The van der Waals surface area contributed by atoms with Crippen LogP contribution in [0, 0.1) is 5.92 Å². The molecular weight excluding hydrogens is 354 g/mol. The predicted molar refractivity (Wildman–Crippen MR) is 109 cm³/mol. The van der Waals surface area contributed by atoms with E-state index in [1.165, 1.54) is 5.56 Å². The SMILES string of the molecule is CC(C)(C)OC(=O)Nc1cccc(C[C@H]2CN(Cc3ccccc3)C[C@@H]2O)n1. The molecule has 1 amide bonds. The molecule has 0 saturated carbocycles. The van der Waals surface area contributed by atoms with Crippen LogP contribution in [0.5, 0.6) is 0 Å². The monoisotopic (exact) mass is 383 g/mol. The van der Waals surface area contributed by atoms with Gasteiger partial charge in [0, 0.05) is 31.2 Å². The van der Waals surface area contributed by atoms with Crippen molar-refractivity contribution in [2.24, 2.45) is 5.92 Å². The molecule has 0 aliphatic carbocycles. The fourth-order valence-corrected chi connectivity index (χ4v) is 3.45. The van der Waals surface area contributed by atoms with Crippen LogP contribution in [0.3, 0.4) is 0 Å². The van der Waals surface area contributed by atoms with E-state index >= 15 is 0 Å². The van der Waals surface area contributed by atoms with Gasteiger partial charge in [0.15, 0.2) is 0 Å². The Labute approximate surface area is 166 Å². The maximum Gasteiger partial charge on any atom is 0.413 e. The van der Waals surface area contributed by atoms with Crippen LogP contribution in [0.25, 0.3) is 0 Å². The summed E-state index contributed by atoms with van der Waals surface area (Å²) in [7, 11) is 0. The summed E-state index contributed by atoms with van der Waals surface area (Å²) in [6.45, 7) is 7.77. The number of hydrogen-bond acceptors (Lipinski definition) is 5. The zero-order chi connectivity index (χ0) is 20.1. The third kappa shape index (κ3) is 6.04. The minimum absolute atomic E-state index is 0.119. The average Bonchev–Trinajstić information content (AvgIpc) is 2.93. The molecule has 1 aromatic heterocycles. The van der Waals surface area contributed by atoms with Crippen molar-refractivity contribution in [3.63, 3.8) is 0 Å². The number of carbonyl (C=O) groups excluding carboxylic acids is 1. The number of aromatic nitrogens is 1. The summed E-state index contributed by atoms with van der Waals surface area (Å²) in [5, 5.41) is 13.2. The Morgan fingerprint density at radius 1 is 1.18 bits per heavy atom. The number of pyridine rings is 1. The molecule has 0 spiro atoms. The third-order valence-electron chi connectivity index (χ3n) is 4.64. The van der Waals surface area contributed by atoms with Gasteiger partial charge in [-0.05, 0) is 44.9 Å². The zero-order valence-electron chi connectivity index (χ0n) is 16.8. The van der Waals surface area contributed by atoms with Gasteiger partial charge in [0.2, 0.25) is 0 Å². The van der Waals surface area contributed by atoms with Gasteiger partial charge in [0.1, 0.15) is 11.4 Å². The lowest BCUT2D eigenvalue weighted by atomic mass is 10.00. The Hall–Kier alpha value is -2.44. The molecule has 1 aliphatic rings. The van der Waals surface area contributed by atoms with Gasteiger partial charge >= 0.3 is 6.09 Å². The molecule has 28 heavy (non-hydrogen) atoms. The number of carbonyl (C=O) groups is 1. The van der Waals surface area contributed by atoms with Crippen LogP contribution < -0.4 is 5.32 Å². The Bertz CT molecular complexity index is 789. The second-order valence-corrected chi connectivity index (χ2v) is 8.35. The maximum absolute atomic E-state index is 11.9. The first-order chi connectivity index (χ1) is 13.3. The van der Waals surface area contributed by atoms with E-state index in [1.54, 1.807) is 6.07 Å². The van der Waals surface area contributed by atoms with Crippen molar-refractivity contribution in [1.29, 1.82) is 0 Å². The van der Waals surface area contributed by atoms with Crippen molar-refractivity contribution in [3.05, 3.63) is 59.8 Å². The van der Waals surface area contributed by atoms with E-state index in [9.17, 15) is 9.90 Å². The van der Waals surface area contributed by atoms with Crippen molar-refractivity contribution in [1.82, 2.24) is 9.88 Å². The molecule has 3 rings (SSSR count). The Morgan fingerprint density at radius 3 is 2.64 bits per heavy atom. The van der Waals surface area contributed by atoms with Crippen LogP contribution in [0.15, 0.2) is 48.5 Å². The van der Waals surface area contributed by atoms with Crippen molar-refractivity contribution in [2.45, 2.75) is 45.4 Å². The van der Waals surface area contributed by atoms with Crippen LogP contribution >= 0.6 is 0 Å². The highest BCUT2D eigenvalue weighted by molar-refractivity contribution is 5.83. The van der Waals surface area contributed by atoms with Gasteiger partial charge in [-0.2, -0.15) is 0 Å². The number of ether oxygens (including phenoxy) is 1. The first-order valence-corrected chi connectivity index (χ1v) is 9.69. The minimum atomic E-state index is -0.558. The molecule has 6 nitrogen and oxygen atoms in total. The van der Waals surface area contributed by atoms with Gasteiger partial charge in [0.25, 0.3) is 0 Å². The molecule has 2 heterocycles. The van der Waals surface area contributed by atoms with Crippen molar-refractivity contribution in [3.8, 4) is 0 Å². The molecule has 2 N–H and O–H groups in total. The van der Waals surface area contributed by atoms with Crippen molar-refractivity contribution in [2.75, 3.05) is 18.4 Å². The van der Waals surface area contributed by atoms with E-state index in [-0.39, 0.29) is 12.0 Å². The molecule has 2 aromatic rings. The number of β-amino-alcohol motifs (C(OH)–C–C–N with tert-alkyl or cyclic N) is 1. The number of aliphatic hydroxyl groups excluding tert-OH is 1. The molecule has 1 saturated heterocycles. The summed E-state index contributed by atoms with van der Waals surface area (Å²) >= 11 is 0. The van der Waals surface area contributed by atoms with E-state index in [0.29, 0.717) is 18.8 Å². The molecule has 6 heteroatoms. The van der Waals surface area contributed by atoms with Crippen LogP contribution in [0.2, 0.25) is 0 Å². The Balaban J connectivity index is 1.57. The van der Waals surface area contributed by atoms with E-state index in [2.05, 4.69) is 27.3 Å². The summed E-state index contributed by atoms with van der Waals surface area (Å²) in [5.74, 6) is 0.577. The van der Waals surface area contributed by atoms with Gasteiger partial charge in [-0.1, -0.05) is 36.4 Å². The normalized spacial score (nSPS) is 20.1. The highest BCUT2D eigenvalue weighted by Gasteiger charge is 2.31. The molecule has 0 unspecified atom stereocenters. The number of rotatable bonds is 5. The number of nitrogens with zero attached hydrogens (tertiary/aromatic N) is 2. The number of likely N-dealkylation sites (tertiary alicyclic amines) is 1. The second-order valence-electron chi connectivity index (χ2n) is 8.35. The number of anilines is 1. The molecule has 0 bridgehead atoms. The smallest absolute Gasteiger partial charge is 0.413 e. The first-order valence-electron chi connectivity index (χ1n) is 9.69. The van der Waals surface area contributed by atoms with E-state index < -0.39 is 11.7 Å². The highest BCUT2D eigenvalue weighted by atomic mass is 16.6. The predicted octanol–water partition coefficient (Wildman–Crippen LogP) is 3.46. The summed E-state index contributed by atoms with van der Waals surface area (Å²) in [6, 6.07) is 15.8. The fourth-order valence-electron chi connectivity index (χ4n) is 3.45. The lowest BCUT2D eigenvalue weighted by molar-refractivity contribution is 0.0635. The van der Waals surface area contributed by atoms with Crippen LogP contribution in [0.4, 0.5) is 10.6 Å². The maximum atomic E-state index is 11.9. The van der Waals surface area contributed by atoms with Crippen LogP contribution in [0.1, 0.15) is 32.0 Å². The summed E-state index contributed by atoms with van der Waals surface area (Å²) in [5.41, 5.74) is 1.54. The number of nitrogens with one attached hydrogen (secondary N) is 1. The van der Waals surface area contributed by atoms with Crippen LogP contribution in [-0.2, 0) is 17.7 Å². The summed E-state index contributed by atoms with van der Waals surface area (Å²) in [4.78, 5) is 18.7. The van der Waals surface area contributed by atoms with E-state index in [4.69, 9.17) is 4.74 Å². The highest BCUT2D eigenvalue weighted by Crippen LogP contribution is 2.23. The van der Waals surface area contributed by atoms with E-state index in [0.717, 1.165) is 18.8 Å². The Morgan fingerprint density at radius 2 is 1.93 bits per heavy atom. The third-order valence-corrected chi connectivity index (χ3v) is 4.64.